The smallest absolute Gasteiger partial charge is 0.338 e. The van der Waals surface area contributed by atoms with Gasteiger partial charge in [-0.2, -0.15) is 0 Å². The van der Waals surface area contributed by atoms with E-state index in [2.05, 4.69) is 5.32 Å². The number of ether oxygens (including phenoxy) is 2. The van der Waals surface area contributed by atoms with Gasteiger partial charge in [-0.3, -0.25) is 4.79 Å². The van der Waals surface area contributed by atoms with E-state index in [1.807, 2.05) is 42.5 Å². The van der Waals surface area contributed by atoms with Crippen molar-refractivity contribution in [1.82, 2.24) is 5.32 Å². The Balaban J connectivity index is 1.53. The van der Waals surface area contributed by atoms with Crippen molar-refractivity contribution >= 4 is 11.9 Å². The molecule has 0 spiro atoms. The minimum Gasteiger partial charge on any atom is -0.468 e. The lowest BCUT2D eigenvalue weighted by molar-refractivity contribution is -0.143. The first-order valence-electron chi connectivity index (χ1n) is 11.8. The standard InChI is InChI=1S/C27H35NO4/c1-31-27(30)25(19-21-11-7-6-8-12-21)28-20-22-15-17-23(18-16-22)26(29)32-24-13-9-4-2-3-5-10-14-24/h6-8,11-12,15-18,24-25,28H,2-5,9-10,13-14,19-20H2,1H3/t25-/m1/s1. The van der Waals surface area contributed by atoms with Crippen LogP contribution in [-0.2, 0) is 27.2 Å². The van der Waals surface area contributed by atoms with E-state index in [1.165, 1.54) is 32.8 Å². The van der Waals surface area contributed by atoms with Gasteiger partial charge in [0, 0.05) is 6.54 Å². The summed E-state index contributed by atoms with van der Waals surface area (Å²) in [5, 5.41) is 3.28. The maximum Gasteiger partial charge on any atom is 0.338 e. The largest absolute Gasteiger partial charge is 0.468 e. The minimum atomic E-state index is -0.435. The Morgan fingerprint density at radius 1 is 0.875 bits per heavy atom. The molecule has 0 unspecified atom stereocenters. The average molecular weight is 438 g/mol. The second-order valence-electron chi connectivity index (χ2n) is 8.57. The number of methoxy groups -OCH3 is 1. The number of hydrogen-bond acceptors (Lipinski definition) is 5. The zero-order chi connectivity index (χ0) is 22.6. The molecule has 5 nitrogen and oxygen atoms in total. The van der Waals surface area contributed by atoms with Gasteiger partial charge in [-0.05, 0) is 55.4 Å². The highest BCUT2D eigenvalue weighted by atomic mass is 16.5. The van der Waals surface area contributed by atoms with Gasteiger partial charge in [0.15, 0.2) is 0 Å². The van der Waals surface area contributed by atoms with Crippen LogP contribution in [0.15, 0.2) is 54.6 Å². The van der Waals surface area contributed by atoms with Gasteiger partial charge in [0.1, 0.15) is 12.1 Å². The molecule has 2 aromatic carbocycles. The van der Waals surface area contributed by atoms with E-state index in [4.69, 9.17) is 9.47 Å². The van der Waals surface area contributed by atoms with Crippen molar-refractivity contribution in [2.75, 3.05) is 7.11 Å². The molecule has 1 saturated carbocycles. The molecule has 1 aliphatic rings. The summed E-state index contributed by atoms with van der Waals surface area (Å²) in [6.07, 6.45) is 9.81. The fraction of sp³-hybridized carbons (Fsp3) is 0.481. The Morgan fingerprint density at radius 2 is 1.50 bits per heavy atom. The average Bonchev–Trinajstić information content (AvgIpc) is 2.96. The Bertz CT molecular complexity index is 824. The van der Waals surface area contributed by atoms with Crippen LogP contribution in [0, 0.1) is 0 Å². The normalized spacial score (nSPS) is 16.3. The molecule has 172 valence electrons. The number of carbonyl (C=O) groups excluding carboxylic acids is 2. The molecular weight excluding hydrogens is 402 g/mol. The van der Waals surface area contributed by atoms with Crippen LogP contribution in [0.5, 0.6) is 0 Å². The van der Waals surface area contributed by atoms with E-state index < -0.39 is 6.04 Å². The van der Waals surface area contributed by atoms with Crippen molar-refractivity contribution < 1.29 is 19.1 Å². The lowest BCUT2D eigenvalue weighted by Gasteiger charge is -2.18. The quantitative estimate of drug-likeness (QED) is 0.574. The second kappa shape index (κ2) is 13.0. The molecule has 1 fully saturated rings. The molecule has 3 rings (SSSR count). The number of hydrogen-bond donors (Lipinski definition) is 1. The van der Waals surface area contributed by atoms with Crippen molar-refractivity contribution in [1.29, 1.82) is 0 Å². The van der Waals surface area contributed by atoms with Crippen LogP contribution in [0.4, 0.5) is 0 Å². The monoisotopic (exact) mass is 437 g/mol. The summed E-state index contributed by atoms with van der Waals surface area (Å²) in [7, 11) is 1.40. The van der Waals surface area contributed by atoms with Crippen LogP contribution >= 0.6 is 0 Å². The third-order valence-corrected chi connectivity index (χ3v) is 6.09. The van der Waals surface area contributed by atoms with Gasteiger partial charge < -0.3 is 14.8 Å². The molecule has 0 aromatic heterocycles. The SMILES string of the molecule is COC(=O)[C@@H](Cc1ccccc1)NCc1ccc(C(=O)OC2CCCCCCCC2)cc1. The van der Waals surface area contributed by atoms with Gasteiger partial charge in [-0.1, -0.05) is 68.1 Å². The van der Waals surface area contributed by atoms with E-state index >= 15 is 0 Å². The van der Waals surface area contributed by atoms with Crippen LogP contribution in [-0.4, -0.2) is 31.2 Å². The molecule has 0 aliphatic heterocycles. The molecule has 32 heavy (non-hydrogen) atoms. The van der Waals surface area contributed by atoms with Crippen molar-refractivity contribution in [2.24, 2.45) is 0 Å². The zero-order valence-electron chi connectivity index (χ0n) is 19.1. The number of rotatable bonds is 8. The summed E-state index contributed by atoms with van der Waals surface area (Å²) in [5.41, 5.74) is 2.63. The highest BCUT2D eigenvalue weighted by Crippen LogP contribution is 2.20. The second-order valence-corrected chi connectivity index (χ2v) is 8.57. The molecule has 0 amide bonds. The van der Waals surface area contributed by atoms with Gasteiger partial charge in [-0.25, -0.2) is 4.79 Å². The topological polar surface area (TPSA) is 64.6 Å². The summed E-state index contributed by atoms with van der Waals surface area (Å²) in [5.74, 6) is -0.533. The summed E-state index contributed by atoms with van der Waals surface area (Å²) in [6.45, 7) is 0.505. The summed E-state index contributed by atoms with van der Waals surface area (Å²) < 4.78 is 10.8. The van der Waals surface area contributed by atoms with E-state index in [0.29, 0.717) is 18.5 Å². The molecule has 0 bridgehead atoms. The maximum atomic E-state index is 12.6. The summed E-state index contributed by atoms with van der Waals surface area (Å²) in [4.78, 5) is 24.8. The number of benzene rings is 2. The number of carbonyl (C=O) groups is 2. The van der Waals surface area contributed by atoms with Crippen LogP contribution in [0.25, 0.3) is 0 Å². The van der Waals surface area contributed by atoms with Crippen molar-refractivity contribution in [2.45, 2.75) is 76.5 Å². The molecule has 1 atom stereocenters. The van der Waals surface area contributed by atoms with E-state index in [9.17, 15) is 9.59 Å². The summed E-state index contributed by atoms with van der Waals surface area (Å²) in [6, 6.07) is 16.8. The number of nitrogens with one attached hydrogen (secondary N) is 1. The van der Waals surface area contributed by atoms with E-state index in [1.54, 1.807) is 12.1 Å². The Labute approximate surface area is 191 Å². The summed E-state index contributed by atoms with van der Waals surface area (Å²) >= 11 is 0. The fourth-order valence-electron chi connectivity index (χ4n) is 4.16. The van der Waals surface area contributed by atoms with Crippen LogP contribution in [0.3, 0.4) is 0 Å². The van der Waals surface area contributed by atoms with Gasteiger partial charge in [0.25, 0.3) is 0 Å². The molecule has 0 heterocycles. The van der Waals surface area contributed by atoms with Crippen molar-refractivity contribution in [3.63, 3.8) is 0 Å². The molecular formula is C27H35NO4. The Hall–Kier alpha value is -2.66. The maximum absolute atomic E-state index is 12.6. The molecule has 2 aromatic rings. The highest BCUT2D eigenvalue weighted by molar-refractivity contribution is 5.89. The highest BCUT2D eigenvalue weighted by Gasteiger charge is 2.20. The Morgan fingerprint density at radius 3 is 2.12 bits per heavy atom. The third-order valence-electron chi connectivity index (χ3n) is 6.09. The van der Waals surface area contributed by atoms with Crippen molar-refractivity contribution in [3.05, 3.63) is 71.3 Å². The Kier molecular flexibility index (Phi) is 9.76. The molecule has 1 aliphatic carbocycles. The zero-order valence-corrected chi connectivity index (χ0v) is 19.1. The van der Waals surface area contributed by atoms with Crippen molar-refractivity contribution in [3.8, 4) is 0 Å². The lowest BCUT2D eigenvalue weighted by Crippen LogP contribution is -2.39. The van der Waals surface area contributed by atoms with Crippen LogP contribution in [0.2, 0.25) is 0 Å². The van der Waals surface area contributed by atoms with E-state index in [0.717, 1.165) is 36.8 Å². The molecule has 0 radical (unpaired) electrons. The molecule has 1 N–H and O–H groups in total. The lowest BCUT2D eigenvalue weighted by atomic mass is 10.1. The first kappa shape index (κ1) is 24.0. The first-order valence-corrected chi connectivity index (χ1v) is 11.8. The van der Waals surface area contributed by atoms with Crippen LogP contribution < -0.4 is 5.32 Å². The predicted molar refractivity (Wildman–Crippen MR) is 125 cm³/mol. The van der Waals surface area contributed by atoms with Gasteiger partial charge in [0.05, 0.1) is 12.7 Å². The third kappa shape index (κ3) is 7.79. The molecule has 5 heteroatoms. The minimum absolute atomic E-state index is 0.0285. The van der Waals surface area contributed by atoms with E-state index in [-0.39, 0.29) is 18.0 Å². The van der Waals surface area contributed by atoms with Gasteiger partial charge in [0.2, 0.25) is 0 Å². The molecule has 0 saturated heterocycles. The number of esters is 2. The van der Waals surface area contributed by atoms with Crippen LogP contribution in [0.1, 0.15) is 72.9 Å². The first-order chi connectivity index (χ1) is 15.7. The van der Waals surface area contributed by atoms with Gasteiger partial charge in [-0.15, -0.1) is 0 Å². The van der Waals surface area contributed by atoms with Gasteiger partial charge >= 0.3 is 11.9 Å². The predicted octanol–water partition coefficient (Wildman–Crippen LogP) is 5.22. The fourth-order valence-corrected chi connectivity index (χ4v) is 4.16.